The minimum Gasteiger partial charge on any atom is -0.390 e. The van der Waals surface area contributed by atoms with E-state index in [9.17, 15) is 0 Å². The standard InChI is InChI=1S/C10H10Cl3NO/c1-6(15)10(13)14-5-7-2-3-8(11)4-9(7)12/h2-6,10,15H,1H3. The summed E-state index contributed by atoms with van der Waals surface area (Å²) in [5, 5.41) is 10.2. The molecule has 0 saturated heterocycles. The quantitative estimate of drug-likeness (QED) is 0.508. The van der Waals surface area contributed by atoms with Gasteiger partial charge < -0.3 is 5.11 Å². The molecule has 1 aromatic rings. The zero-order valence-electron chi connectivity index (χ0n) is 7.99. The molecule has 0 heterocycles. The van der Waals surface area contributed by atoms with E-state index in [1.807, 2.05) is 0 Å². The monoisotopic (exact) mass is 265 g/mol. The van der Waals surface area contributed by atoms with Crippen molar-refractivity contribution in [3.63, 3.8) is 0 Å². The van der Waals surface area contributed by atoms with Crippen molar-refractivity contribution in [3.05, 3.63) is 33.8 Å². The van der Waals surface area contributed by atoms with Crippen LogP contribution in [-0.2, 0) is 0 Å². The van der Waals surface area contributed by atoms with Crippen LogP contribution >= 0.6 is 34.8 Å². The molecule has 0 radical (unpaired) electrons. The average molecular weight is 267 g/mol. The van der Waals surface area contributed by atoms with Crippen LogP contribution in [0.4, 0.5) is 0 Å². The first kappa shape index (κ1) is 12.8. The summed E-state index contributed by atoms with van der Waals surface area (Å²) in [4.78, 5) is 3.95. The Balaban J connectivity index is 2.81. The van der Waals surface area contributed by atoms with E-state index in [4.69, 9.17) is 39.9 Å². The number of hydrogen-bond acceptors (Lipinski definition) is 2. The second kappa shape index (κ2) is 5.71. The molecule has 0 spiro atoms. The molecule has 0 aliphatic heterocycles. The summed E-state index contributed by atoms with van der Waals surface area (Å²) in [6.07, 6.45) is 0.817. The van der Waals surface area contributed by atoms with E-state index < -0.39 is 11.6 Å². The molecule has 5 heteroatoms. The molecule has 1 rings (SSSR count). The van der Waals surface area contributed by atoms with E-state index in [1.165, 1.54) is 6.21 Å². The average Bonchev–Trinajstić information content (AvgIpc) is 2.15. The van der Waals surface area contributed by atoms with Crippen molar-refractivity contribution in [3.8, 4) is 0 Å². The largest absolute Gasteiger partial charge is 0.390 e. The van der Waals surface area contributed by atoms with Gasteiger partial charge in [-0.05, 0) is 19.1 Å². The summed E-state index contributed by atoms with van der Waals surface area (Å²) in [5.41, 5.74) is 0.0455. The van der Waals surface area contributed by atoms with Crippen LogP contribution in [0.2, 0.25) is 10.0 Å². The van der Waals surface area contributed by atoms with Crippen LogP contribution < -0.4 is 0 Å². The number of aliphatic imine (C=N–C) groups is 1. The fraction of sp³-hybridized carbons (Fsp3) is 0.300. The van der Waals surface area contributed by atoms with E-state index in [0.717, 1.165) is 0 Å². The maximum Gasteiger partial charge on any atom is 0.149 e. The Labute approximate surface area is 103 Å². The van der Waals surface area contributed by atoms with Crippen molar-refractivity contribution < 1.29 is 5.11 Å². The first-order chi connectivity index (χ1) is 7.00. The van der Waals surface area contributed by atoms with Crippen LogP contribution in [0.15, 0.2) is 23.2 Å². The molecule has 2 unspecified atom stereocenters. The molecule has 2 atom stereocenters. The lowest BCUT2D eigenvalue weighted by atomic mass is 10.2. The molecule has 0 aromatic heterocycles. The van der Waals surface area contributed by atoms with Crippen molar-refractivity contribution in [2.24, 2.45) is 4.99 Å². The molecular formula is C10H10Cl3NO. The fourth-order valence-electron chi connectivity index (χ4n) is 0.882. The molecule has 0 aliphatic rings. The highest BCUT2D eigenvalue weighted by Gasteiger charge is 2.07. The summed E-state index contributed by atoms with van der Waals surface area (Å²) in [5.74, 6) is 0. The van der Waals surface area contributed by atoms with Gasteiger partial charge in [-0.3, -0.25) is 4.99 Å². The third-order valence-corrected chi connectivity index (χ3v) is 2.76. The topological polar surface area (TPSA) is 32.6 Å². The van der Waals surface area contributed by atoms with Crippen LogP contribution in [0, 0.1) is 0 Å². The molecule has 0 amide bonds. The third kappa shape index (κ3) is 3.99. The molecule has 1 N–H and O–H groups in total. The van der Waals surface area contributed by atoms with Gasteiger partial charge in [0.1, 0.15) is 5.50 Å². The summed E-state index contributed by atoms with van der Waals surface area (Å²) >= 11 is 17.4. The van der Waals surface area contributed by atoms with Crippen molar-refractivity contribution >= 4 is 41.0 Å². The predicted molar refractivity (Wildman–Crippen MR) is 65.4 cm³/mol. The van der Waals surface area contributed by atoms with Crippen LogP contribution in [0.25, 0.3) is 0 Å². The van der Waals surface area contributed by atoms with Gasteiger partial charge in [-0.25, -0.2) is 0 Å². The van der Waals surface area contributed by atoms with Crippen molar-refractivity contribution in [2.75, 3.05) is 0 Å². The second-order valence-electron chi connectivity index (χ2n) is 3.06. The Morgan fingerprint density at radius 3 is 2.60 bits per heavy atom. The Kier molecular flexibility index (Phi) is 4.87. The molecular weight excluding hydrogens is 256 g/mol. The van der Waals surface area contributed by atoms with Gasteiger partial charge in [-0.1, -0.05) is 40.9 Å². The van der Waals surface area contributed by atoms with Crippen LogP contribution in [0.3, 0.4) is 0 Å². The lowest BCUT2D eigenvalue weighted by Gasteiger charge is -2.06. The Morgan fingerprint density at radius 1 is 1.40 bits per heavy atom. The van der Waals surface area contributed by atoms with Gasteiger partial charge in [-0.2, -0.15) is 0 Å². The number of aliphatic hydroxyl groups is 1. The molecule has 2 nitrogen and oxygen atoms in total. The number of hydrogen-bond donors (Lipinski definition) is 1. The van der Waals surface area contributed by atoms with E-state index in [1.54, 1.807) is 25.1 Å². The SMILES string of the molecule is CC(O)C(Cl)N=Cc1ccc(Cl)cc1Cl. The van der Waals surface area contributed by atoms with Crippen LogP contribution in [-0.4, -0.2) is 22.9 Å². The highest BCUT2D eigenvalue weighted by atomic mass is 35.5. The van der Waals surface area contributed by atoms with Gasteiger partial charge in [0.05, 0.1) is 11.1 Å². The Bertz CT molecular complexity index is 366. The molecule has 0 fully saturated rings. The van der Waals surface area contributed by atoms with Gasteiger partial charge in [0.25, 0.3) is 0 Å². The normalized spacial score (nSPS) is 15.5. The lowest BCUT2D eigenvalue weighted by molar-refractivity contribution is 0.191. The van der Waals surface area contributed by atoms with E-state index in [2.05, 4.69) is 4.99 Å². The number of alkyl halides is 1. The first-order valence-electron chi connectivity index (χ1n) is 4.31. The molecule has 0 bridgehead atoms. The first-order valence-corrected chi connectivity index (χ1v) is 5.50. The van der Waals surface area contributed by atoms with Gasteiger partial charge >= 0.3 is 0 Å². The predicted octanol–water partition coefficient (Wildman–Crippen LogP) is 3.36. The van der Waals surface area contributed by atoms with E-state index in [0.29, 0.717) is 15.6 Å². The minimum absolute atomic E-state index is 0.501. The number of aliphatic hydroxyl groups excluding tert-OH is 1. The van der Waals surface area contributed by atoms with Crippen LogP contribution in [0.5, 0.6) is 0 Å². The molecule has 0 aliphatic carbocycles. The van der Waals surface area contributed by atoms with Crippen molar-refractivity contribution in [1.29, 1.82) is 0 Å². The maximum absolute atomic E-state index is 9.11. The fourth-order valence-corrected chi connectivity index (χ4v) is 1.40. The van der Waals surface area contributed by atoms with Gasteiger partial charge in [0, 0.05) is 16.8 Å². The lowest BCUT2D eigenvalue weighted by Crippen LogP contribution is -2.14. The van der Waals surface area contributed by atoms with Crippen molar-refractivity contribution in [2.45, 2.75) is 18.5 Å². The number of benzene rings is 1. The molecule has 15 heavy (non-hydrogen) atoms. The zero-order chi connectivity index (χ0) is 11.4. The van der Waals surface area contributed by atoms with Crippen molar-refractivity contribution in [1.82, 2.24) is 0 Å². The zero-order valence-corrected chi connectivity index (χ0v) is 10.3. The second-order valence-corrected chi connectivity index (χ2v) is 4.35. The number of rotatable bonds is 3. The highest BCUT2D eigenvalue weighted by Crippen LogP contribution is 2.19. The van der Waals surface area contributed by atoms with Gasteiger partial charge in [-0.15, -0.1) is 0 Å². The summed E-state index contributed by atoms with van der Waals surface area (Å²) < 4.78 is 0. The van der Waals surface area contributed by atoms with Crippen LogP contribution in [0.1, 0.15) is 12.5 Å². The molecule has 82 valence electrons. The molecule has 1 aromatic carbocycles. The summed E-state index contributed by atoms with van der Waals surface area (Å²) in [6, 6.07) is 5.07. The molecule has 0 saturated carbocycles. The highest BCUT2D eigenvalue weighted by molar-refractivity contribution is 6.36. The van der Waals surface area contributed by atoms with E-state index in [-0.39, 0.29) is 0 Å². The smallest absolute Gasteiger partial charge is 0.149 e. The summed E-state index contributed by atoms with van der Waals surface area (Å²) in [6.45, 7) is 1.57. The third-order valence-electron chi connectivity index (χ3n) is 1.72. The number of nitrogens with zero attached hydrogens (tertiary/aromatic N) is 1. The minimum atomic E-state index is -0.700. The maximum atomic E-state index is 9.11. The van der Waals surface area contributed by atoms with E-state index >= 15 is 0 Å². The Morgan fingerprint density at radius 2 is 2.07 bits per heavy atom. The van der Waals surface area contributed by atoms with Gasteiger partial charge in [0.15, 0.2) is 0 Å². The van der Waals surface area contributed by atoms with Gasteiger partial charge in [0.2, 0.25) is 0 Å². The number of halogens is 3. The Hall–Kier alpha value is -0.280. The summed E-state index contributed by atoms with van der Waals surface area (Å²) in [7, 11) is 0.